The van der Waals surface area contributed by atoms with Gasteiger partial charge in [-0.15, -0.1) is 0 Å². The second-order valence-electron chi connectivity index (χ2n) is 7.70. The van der Waals surface area contributed by atoms with E-state index in [4.69, 9.17) is 15.4 Å². The van der Waals surface area contributed by atoms with Crippen molar-refractivity contribution in [1.82, 2.24) is 0 Å². The third kappa shape index (κ3) is 2.50. The van der Waals surface area contributed by atoms with Crippen LogP contribution in [0.5, 0.6) is 0 Å². The molecule has 7 aromatic rings. The van der Waals surface area contributed by atoms with E-state index in [1.54, 1.807) is 12.1 Å². The fourth-order valence-corrected chi connectivity index (χ4v) is 5.08. The zero-order valence-corrected chi connectivity index (χ0v) is 18.1. The largest absolute Gasteiger partial charge is 0.456 e. The molecule has 7 rings (SSSR count). The molecule has 0 amide bonds. The summed E-state index contributed by atoms with van der Waals surface area (Å²) < 4.78 is 74.7. The summed E-state index contributed by atoms with van der Waals surface area (Å²) in [6.45, 7) is 0. The zero-order valence-electron chi connectivity index (χ0n) is 24.5. The molecule has 0 aliphatic rings. The summed E-state index contributed by atoms with van der Waals surface area (Å²) >= 11 is 3.45. The molecule has 0 radical (unpaired) electrons. The maximum Gasteiger partial charge on any atom is 0.136 e. The molecule has 1 aromatic heterocycles. The second kappa shape index (κ2) is 6.69. The summed E-state index contributed by atoms with van der Waals surface area (Å²) in [6.07, 6.45) is 0. The van der Waals surface area contributed by atoms with Crippen LogP contribution in [0, 0.1) is 0 Å². The first-order chi connectivity index (χ1) is 19.1. The Morgan fingerprint density at radius 1 is 0.594 bits per heavy atom. The van der Waals surface area contributed by atoms with Crippen molar-refractivity contribution in [2.24, 2.45) is 0 Å². The Kier molecular flexibility index (Phi) is 2.48. The summed E-state index contributed by atoms with van der Waals surface area (Å²) in [7, 11) is 0. The molecule has 32 heavy (non-hydrogen) atoms. The summed E-state index contributed by atoms with van der Waals surface area (Å²) in [5.41, 5.74) is 2.04. The first-order valence-corrected chi connectivity index (χ1v) is 10.9. The minimum absolute atomic E-state index is 0.148. The Labute approximate surface area is 204 Å². The van der Waals surface area contributed by atoms with Gasteiger partial charge in [-0.25, -0.2) is 0 Å². The first-order valence-electron chi connectivity index (χ1n) is 14.1. The van der Waals surface area contributed by atoms with Crippen molar-refractivity contribution in [3.63, 3.8) is 0 Å². The fraction of sp³-hybridized carbons (Fsp3) is 0. The van der Waals surface area contributed by atoms with Crippen LogP contribution in [-0.2, 0) is 0 Å². The standard InChI is InChI=1S/C30H17BrO/c31-30-24-11-5-3-9-22(24)29(23-10-4-6-12-25(23)30)20-13-14-21-26-15-18-7-1-2-8-19(18)16-28(26)32-27(21)17-20/h1-17H/i3D,4D,5D,6D,9D,10D,11D,12D. The molecule has 6 aromatic carbocycles. The van der Waals surface area contributed by atoms with Gasteiger partial charge >= 0.3 is 0 Å². The molecule has 0 saturated carbocycles. The number of furan rings is 1. The number of fused-ring (bicyclic) bond motifs is 6. The molecule has 0 saturated heterocycles. The molecule has 0 bridgehead atoms. The lowest BCUT2D eigenvalue weighted by molar-refractivity contribution is 0.669. The first kappa shape index (κ1) is 11.8. The number of hydrogen-bond acceptors (Lipinski definition) is 1. The van der Waals surface area contributed by atoms with E-state index in [9.17, 15) is 0 Å². The van der Waals surface area contributed by atoms with Crippen molar-refractivity contribution in [1.29, 1.82) is 0 Å². The van der Waals surface area contributed by atoms with Gasteiger partial charge < -0.3 is 4.42 Å². The highest BCUT2D eigenvalue weighted by Crippen LogP contribution is 2.43. The van der Waals surface area contributed by atoms with Gasteiger partial charge in [-0.3, -0.25) is 0 Å². The SMILES string of the molecule is [2H]c1c([2H])c([2H])c2c(-c3ccc4c(c3)oc3cc5ccccc5cc34)c3c([2H])c([2H])c([2H])c([2H])c3c(Br)c2c1[2H]. The van der Waals surface area contributed by atoms with Crippen LogP contribution in [0.25, 0.3) is 65.4 Å². The van der Waals surface area contributed by atoms with Crippen molar-refractivity contribution in [3.8, 4) is 11.1 Å². The van der Waals surface area contributed by atoms with Gasteiger partial charge in [-0.2, -0.15) is 0 Å². The van der Waals surface area contributed by atoms with Crippen LogP contribution < -0.4 is 0 Å². The molecule has 0 unspecified atom stereocenters. The molecular formula is C30H17BrO. The van der Waals surface area contributed by atoms with Gasteiger partial charge in [0, 0.05) is 15.2 Å². The summed E-state index contributed by atoms with van der Waals surface area (Å²) in [5, 5.41) is 4.51. The molecule has 1 heterocycles. The molecule has 0 fully saturated rings. The number of halogens is 1. The van der Waals surface area contributed by atoms with E-state index in [1.807, 2.05) is 36.4 Å². The Morgan fingerprint density at radius 3 is 1.88 bits per heavy atom. The normalized spacial score (nSPS) is 15.4. The van der Waals surface area contributed by atoms with Crippen LogP contribution >= 0.6 is 15.9 Å². The lowest BCUT2D eigenvalue weighted by Crippen LogP contribution is -1.87. The van der Waals surface area contributed by atoms with Gasteiger partial charge in [0.1, 0.15) is 11.2 Å². The lowest BCUT2D eigenvalue weighted by atomic mass is 9.91. The molecule has 1 nitrogen and oxygen atoms in total. The van der Waals surface area contributed by atoms with Crippen LogP contribution in [0.2, 0.25) is 0 Å². The highest BCUT2D eigenvalue weighted by Gasteiger charge is 2.15. The summed E-state index contributed by atoms with van der Waals surface area (Å²) in [4.78, 5) is 0. The molecule has 0 atom stereocenters. The molecule has 0 aliphatic carbocycles. The maximum absolute atomic E-state index is 8.81. The minimum Gasteiger partial charge on any atom is -0.456 e. The number of benzene rings is 6. The quantitative estimate of drug-likeness (QED) is 0.213. The van der Waals surface area contributed by atoms with Gasteiger partial charge in [0.05, 0.1) is 11.0 Å². The molecule has 0 spiro atoms. The Hall–Kier alpha value is -3.62. The topological polar surface area (TPSA) is 13.1 Å². The monoisotopic (exact) mass is 480 g/mol. The van der Waals surface area contributed by atoms with Gasteiger partial charge in [-0.05, 0) is 83.6 Å². The third-order valence-corrected chi connectivity index (χ3v) is 6.74. The van der Waals surface area contributed by atoms with Crippen LogP contribution in [0.15, 0.2) is 112 Å². The highest BCUT2D eigenvalue weighted by molar-refractivity contribution is 9.10. The van der Waals surface area contributed by atoms with Crippen LogP contribution in [-0.4, -0.2) is 0 Å². The van der Waals surface area contributed by atoms with Gasteiger partial charge in [-0.1, -0.05) is 78.7 Å². The van der Waals surface area contributed by atoms with Crippen molar-refractivity contribution in [2.75, 3.05) is 0 Å². The van der Waals surface area contributed by atoms with Crippen molar-refractivity contribution in [2.45, 2.75) is 0 Å². The zero-order chi connectivity index (χ0) is 28.2. The number of hydrogen-bond donors (Lipinski definition) is 0. The van der Waals surface area contributed by atoms with Crippen molar-refractivity contribution >= 4 is 70.2 Å². The Balaban J connectivity index is 1.69. The van der Waals surface area contributed by atoms with E-state index in [0.717, 1.165) is 21.5 Å². The van der Waals surface area contributed by atoms with Gasteiger partial charge in [0.2, 0.25) is 0 Å². The molecule has 2 heteroatoms. The third-order valence-electron chi connectivity index (χ3n) is 5.94. The molecule has 150 valence electrons. The van der Waals surface area contributed by atoms with Crippen LogP contribution in [0.1, 0.15) is 11.0 Å². The highest BCUT2D eigenvalue weighted by atomic mass is 79.9. The van der Waals surface area contributed by atoms with E-state index in [1.165, 1.54) is 0 Å². The van der Waals surface area contributed by atoms with Crippen molar-refractivity contribution in [3.05, 3.63) is 107 Å². The van der Waals surface area contributed by atoms with Gasteiger partial charge in [0.25, 0.3) is 0 Å². The molecule has 0 N–H and O–H groups in total. The smallest absolute Gasteiger partial charge is 0.136 e. The summed E-state index contributed by atoms with van der Waals surface area (Å²) in [6, 6.07) is 14.6. The number of rotatable bonds is 1. The van der Waals surface area contributed by atoms with Crippen LogP contribution in [0.4, 0.5) is 0 Å². The van der Waals surface area contributed by atoms with E-state index < -0.39 is 24.2 Å². The van der Waals surface area contributed by atoms with E-state index in [-0.39, 0.29) is 50.2 Å². The average molecular weight is 481 g/mol. The predicted molar refractivity (Wildman–Crippen MR) is 139 cm³/mol. The molecular weight excluding hydrogens is 456 g/mol. The van der Waals surface area contributed by atoms with E-state index >= 15 is 0 Å². The minimum atomic E-state index is -0.428. The average Bonchev–Trinajstić information content (AvgIpc) is 3.31. The predicted octanol–water partition coefficient (Wildman–Crippen LogP) is 9.48. The maximum atomic E-state index is 8.81. The van der Waals surface area contributed by atoms with Gasteiger partial charge in [0.15, 0.2) is 0 Å². The summed E-state index contributed by atoms with van der Waals surface area (Å²) in [5.74, 6) is 0. The van der Waals surface area contributed by atoms with E-state index in [2.05, 4.69) is 22.0 Å². The Morgan fingerprint density at radius 2 is 1.19 bits per heavy atom. The Bertz CT molecular complexity index is 2190. The second-order valence-corrected chi connectivity index (χ2v) is 8.49. The van der Waals surface area contributed by atoms with Crippen LogP contribution in [0.3, 0.4) is 0 Å². The van der Waals surface area contributed by atoms with E-state index in [0.29, 0.717) is 22.3 Å². The van der Waals surface area contributed by atoms with Crippen molar-refractivity contribution < 1.29 is 15.4 Å². The lowest BCUT2D eigenvalue weighted by Gasteiger charge is -2.14. The molecule has 0 aliphatic heterocycles. The fourth-order valence-electron chi connectivity index (χ4n) is 4.49.